The van der Waals surface area contributed by atoms with E-state index in [1.165, 1.54) is 10.8 Å². The van der Waals surface area contributed by atoms with Crippen molar-refractivity contribution in [2.24, 2.45) is 10.9 Å². The van der Waals surface area contributed by atoms with Gasteiger partial charge in [-0.2, -0.15) is 0 Å². The molecule has 4 nitrogen and oxygen atoms in total. The minimum absolute atomic E-state index is 0.0271. The van der Waals surface area contributed by atoms with E-state index in [2.05, 4.69) is 30.3 Å². The fraction of sp³-hybridized carbons (Fsp3) is 0.250. The largest absolute Gasteiger partial charge is 0.497 e. The number of methoxy groups -OCH3 is 1. The molecule has 0 N–H and O–H groups in total. The van der Waals surface area contributed by atoms with Crippen molar-refractivity contribution in [3.8, 4) is 5.75 Å². The number of rotatable bonds is 5. The first-order valence-electron chi connectivity index (χ1n) is 9.55. The summed E-state index contributed by atoms with van der Waals surface area (Å²) in [5.41, 5.74) is 2.84. The van der Waals surface area contributed by atoms with Gasteiger partial charge in [0.1, 0.15) is 11.7 Å². The summed E-state index contributed by atoms with van der Waals surface area (Å²) in [7, 11) is 1.64. The lowest BCUT2D eigenvalue weighted by molar-refractivity contribution is -0.145. The van der Waals surface area contributed by atoms with Gasteiger partial charge in [0.2, 0.25) is 0 Å². The third kappa shape index (κ3) is 3.38. The van der Waals surface area contributed by atoms with Gasteiger partial charge in [-0.1, -0.05) is 42.5 Å². The highest BCUT2D eigenvalue weighted by molar-refractivity contribution is 6.13. The average Bonchev–Trinajstić information content (AvgIpc) is 3.19. The SMILES string of the molecule is CCOC(=O)C1C(c2ccc(OC)cc2)=NCC1c1ccc2ccccc2c1. The molecule has 3 aromatic rings. The molecule has 1 aliphatic heterocycles. The standard InChI is InChI=1S/C24H23NO3/c1-3-28-24(26)22-21(19-9-8-16-6-4-5-7-18(16)14-19)15-25-23(22)17-10-12-20(27-2)13-11-17/h4-14,21-22H,3,15H2,1-2H3. The second-order valence-corrected chi connectivity index (χ2v) is 6.90. The molecule has 0 fully saturated rings. The Labute approximate surface area is 164 Å². The van der Waals surface area contributed by atoms with Crippen molar-refractivity contribution in [1.29, 1.82) is 0 Å². The first kappa shape index (κ1) is 18.2. The van der Waals surface area contributed by atoms with Gasteiger partial charge in [0.15, 0.2) is 0 Å². The lowest BCUT2D eigenvalue weighted by Crippen LogP contribution is -2.29. The highest BCUT2D eigenvalue weighted by atomic mass is 16.5. The Morgan fingerprint density at radius 3 is 2.50 bits per heavy atom. The van der Waals surface area contributed by atoms with Crippen LogP contribution in [0.5, 0.6) is 5.75 Å². The summed E-state index contributed by atoms with van der Waals surface area (Å²) in [5, 5.41) is 2.36. The van der Waals surface area contributed by atoms with Crippen molar-refractivity contribution in [1.82, 2.24) is 0 Å². The topological polar surface area (TPSA) is 47.9 Å². The smallest absolute Gasteiger partial charge is 0.315 e. The third-order valence-electron chi connectivity index (χ3n) is 5.28. The Morgan fingerprint density at radius 1 is 1.04 bits per heavy atom. The van der Waals surface area contributed by atoms with E-state index >= 15 is 0 Å². The molecule has 0 bridgehead atoms. The number of nitrogens with zero attached hydrogens (tertiary/aromatic N) is 1. The van der Waals surface area contributed by atoms with E-state index in [0.717, 1.165) is 22.6 Å². The van der Waals surface area contributed by atoms with Gasteiger partial charge in [-0.25, -0.2) is 0 Å². The van der Waals surface area contributed by atoms with Gasteiger partial charge in [-0.15, -0.1) is 0 Å². The second kappa shape index (κ2) is 7.85. The predicted molar refractivity (Wildman–Crippen MR) is 111 cm³/mol. The molecule has 3 aromatic carbocycles. The van der Waals surface area contributed by atoms with E-state index in [0.29, 0.717) is 13.2 Å². The minimum atomic E-state index is -0.408. The van der Waals surface area contributed by atoms with Gasteiger partial charge < -0.3 is 9.47 Å². The summed E-state index contributed by atoms with van der Waals surface area (Å²) in [5.74, 6) is 0.129. The van der Waals surface area contributed by atoms with Crippen molar-refractivity contribution in [2.75, 3.05) is 20.3 Å². The second-order valence-electron chi connectivity index (χ2n) is 6.90. The summed E-state index contributed by atoms with van der Waals surface area (Å²) < 4.78 is 10.7. The Kier molecular flexibility index (Phi) is 5.11. The number of benzene rings is 3. The number of aliphatic imine (C=N–C) groups is 1. The monoisotopic (exact) mass is 373 g/mol. The molecule has 4 rings (SSSR count). The van der Waals surface area contributed by atoms with Gasteiger partial charge in [-0.3, -0.25) is 9.79 Å². The Bertz CT molecular complexity index is 1020. The highest BCUT2D eigenvalue weighted by Crippen LogP contribution is 2.36. The van der Waals surface area contributed by atoms with E-state index < -0.39 is 5.92 Å². The van der Waals surface area contributed by atoms with Crippen molar-refractivity contribution in [3.05, 3.63) is 77.9 Å². The highest BCUT2D eigenvalue weighted by Gasteiger charge is 2.39. The summed E-state index contributed by atoms with van der Waals surface area (Å²) >= 11 is 0. The van der Waals surface area contributed by atoms with Gasteiger partial charge in [-0.05, 0) is 53.1 Å². The maximum absolute atomic E-state index is 12.9. The Morgan fingerprint density at radius 2 is 1.79 bits per heavy atom. The zero-order valence-corrected chi connectivity index (χ0v) is 16.1. The number of carbonyl (C=O) groups excluding carboxylic acids is 1. The van der Waals surface area contributed by atoms with E-state index in [1.54, 1.807) is 7.11 Å². The molecule has 1 heterocycles. The summed E-state index contributed by atoms with van der Waals surface area (Å²) in [4.78, 5) is 17.6. The summed E-state index contributed by atoms with van der Waals surface area (Å²) in [6.45, 7) is 2.76. The number of hydrogen-bond acceptors (Lipinski definition) is 4. The maximum atomic E-state index is 12.9. The number of ether oxygens (including phenoxy) is 2. The van der Waals surface area contributed by atoms with E-state index in [-0.39, 0.29) is 11.9 Å². The quantitative estimate of drug-likeness (QED) is 0.614. The van der Waals surface area contributed by atoms with Crippen LogP contribution in [-0.2, 0) is 9.53 Å². The van der Waals surface area contributed by atoms with Crippen LogP contribution < -0.4 is 4.74 Å². The van der Waals surface area contributed by atoms with E-state index in [1.807, 2.05) is 43.3 Å². The molecule has 2 atom stereocenters. The fourth-order valence-electron chi connectivity index (χ4n) is 3.87. The zero-order valence-electron chi connectivity index (χ0n) is 16.1. The van der Waals surface area contributed by atoms with Gasteiger partial charge in [0.25, 0.3) is 0 Å². The minimum Gasteiger partial charge on any atom is -0.497 e. The van der Waals surface area contributed by atoms with Crippen molar-refractivity contribution >= 4 is 22.5 Å². The molecule has 28 heavy (non-hydrogen) atoms. The Balaban J connectivity index is 1.71. The number of carbonyl (C=O) groups is 1. The molecule has 0 aromatic heterocycles. The summed E-state index contributed by atoms with van der Waals surface area (Å²) in [6, 6.07) is 22.3. The van der Waals surface area contributed by atoms with Crippen molar-refractivity contribution < 1.29 is 14.3 Å². The number of hydrogen-bond donors (Lipinski definition) is 0. The molecular formula is C24H23NO3. The van der Waals surface area contributed by atoms with Gasteiger partial charge in [0, 0.05) is 12.5 Å². The van der Waals surface area contributed by atoms with Crippen LogP contribution in [0, 0.1) is 5.92 Å². The van der Waals surface area contributed by atoms with Crippen LogP contribution in [0.2, 0.25) is 0 Å². The molecule has 0 amide bonds. The number of esters is 1. The van der Waals surface area contributed by atoms with Gasteiger partial charge in [0.05, 0.1) is 19.4 Å². The first-order chi connectivity index (χ1) is 13.7. The summed E-state index contributed by atoms with van der Waals surface area (Å²) in [6.07, 6.45) is 0. The first-order valence-corrected chi connectivity index (χ1v) is 9.55. The van der Waals surface area contributed by atoms with Crippen molar-refractivity contribution in [3.63, 3.8) is 0 Å². The predicted octanol–water partition coefficient (Wildman–Crippen LogP) is 4.61. The van der Waals surface area contributed by atoms with Gasteiger partial charge >= 0.3 is 5.97 Å². The van der Waals surface area contributed by atoms with Crippen LogP contribution in [0.3, 0.4) is 0 Å². The molecule has 0 spiro atoms. The van der Waals surface area contributed by atoms with Crippen LogP contribution in [0.1, 0.15) is 24.0 Å². The molecule has 1 aliphatic rings. The lowest BCUT2D eigenvalue weighted by atomic mass is 9.82. The normalized spacial score (nSPS) is 18.7. The van der Waals surface area contributed by atoms with Crippen LogP contribution in [0.25, 0.3) is 10.8 Å². The number of fused-ring (bicyclic) bond motifs is 1. The third-order valence-corrected chi connectivity index (χ3v) is 5.28. The van der Waals surface area contributed by atoms with Crippen LogP contribution >= 0.6 is 0 Å². The van der Waals surface area contributed by atoms with Crippen LogP contribution in [-0.4, -0.2) is 31.9 Å². The Hall–Kier alpha value is -3.14. The lowest BCUT2D eigenvalue weighted by Gasteiger charge is -2.21. The zero-order chi connectivity index (χ0) is 19.5. The average molecular weight is 373 g/mol. The molecule has 142 valence electrons. The maximum Gasteiger partial charge on any atom is 0.315 e. The molecule has 0 radical (unpaired) electrons. The molecular weight excluding hydrogens is 350 g/mol. The van der Waals surface area contributed by atoms with Crippen molar-refractivity contribution in [2.45, 2.75) is 12.8 Å². The molecule has 0 saturated heterocycles. The van der Waals surface area contributed by atoms with Crippen LogP contribution in [0.4, 0.5) is 0 Å². The van der Waals surface area contributed by atoms with E-state index in [4.69, 9.17) is 14.5 Å². The molecule has 4 heteroatoms. The van der Waals surface area contributed by atoms with E-state index in [9.17, 15) is 4.79 Å². The molecule has 0 aliphatic carbocycles. The fourth-order valence-corrected chi connectivity index (χ4v) is 3.87. The molecule has 2 unspecified atom stereocenters. The molecule has 0 saturated carbocycles. The van der Waals surface area contributed by atoms with Crippen LogP contribution in [0.15, 0.2) is 71.7 Å².